The number of halogens is 2. The van der Waals surface area contributed by atoms with Crippen LogP contribution in [0.2, 0.25) is 9.36 Å². The van der Waals surface area contributed by atoms with Crippen molar-refractivity contribution < 1.29 is 4.74 Å². The van der Waals surface area contributed by atoms with Crippen molar-refractivity contribution in [2.24, 2.45) is 0 Å². The molecule has 0 spiro atoms. The van der Waals surface area contributed by atoms with Gasteiger partial charge in [-0.15, -0.1) is 11.3 Å². The molecule has 2 aromatic rings. The molecule has 1 N–H and O–H groups in total. The van der Waals surface area contributed by atoms with Gasteiger partial charge in [0.25, 0.3) is 0 Å². The van der Waals surface area contributed by atoms with Crippen LogP contribution in [0.15, 0.2) is 30.3 Å². The minimum absolute atomic E-state index is 0.112. The van der Waals surface area contributed by atoms with E-state index in [2.05, 4.69) is 16.3 Å². The molecule has 0 amide bonds. The lowest BCUT2D eigenvalue weighted by molar-refractivity contribution is 0.239. The topological polar surface area (TPSA) is 24.5 Å². The van der Waals surface area contributed by atoms with Gasteiger partial charge in [-0.3, -0.25) is 4.90 Å². The molecule has 0 bridgehead atoms. The zero-order valence-corrected chi connectivity index (χ0v) is 15.3. The molecule has 0 saturated carbocycles. The summed E-state index contributed by atoms with van der Waals surface area (Å²) >= 11 is 14.1. The molecule has 1 saturated heterocycles. The van der Waals surface area contributed by atoms with Gasteiger partial charge in [0.05, 0.1) is 17.5 Å². The van der Waals surface area contributed by atoms with E-state index in [1.165, 1.54) is 4.88 Å². The predicted molar refractivity (Wildman–Crippen MR) is 98.2 cm³/mol. The quantitative estimate of drug-likeness (QED) is 0.860. The van der Waals surface area contributed by atoms with Crippen molar-refractivity contribution in [1.29, 1.82) is 0 Å². The first-order valence-electron chi connectivity index (χ1n) is 7.72. The first kappa shape index (κ1) is 17.1. The van der Waals surface area contributed by atoms with Crippen LogP contribution < -0.4 is 10.1 Å². The van der Waals surface area contributed by atoms with Crippen molar-refractivity contribution in [3.8, 4) is 5.75 Å². The first-order chi connectivity index (χ1) is 11.2. The lowest BCUT2D eigenvalue weighted by atomic mass is 10.0. The van der Waals surface area contributed by atoms with Crippen molar-refractivity contribution in [2.75, 3.05) is 33.3 Å². The SMILES string of the molecule is COc1ccc(Cl)cc1C(c1ccc(Cl)s1)N1CCCNCC1. The number of rotatable bonds is 4. The summed E-state index contributed by atoms with van der Waals surface area (Å²) in [5, 5.41) is 4.18. The van der Waals surface area contributed by atoms with E-state index in [0.717, 1.165) is 53.3 Å². The zero-order chi connectivity index (χ0) is 16.2. The fourth-order valence-electron chi connectivity index (χ4n) is 3.05. The third-order valence-electron chi connectivity index (χ3n) is 4.09. The number of methoxy groups -OCH3 is 1. The normalized spacial score (nSPS) is 17.7. The summed E-state index contributed by atoms with van der Waals surface area (Å²) in [6, 6.07) is 10.00. The fourth-order valence-corrected chi connectivity index (χ4v) is 4.44. The van der Waals surface area contributed by atoms with E-state index in [1.807, 2.05) is 24.3 Å². The van der Waals surface area contributed by atoms with Gasteiger partial charge in [-0.05, 0) is 43.3 Å². The fraction of sp³-hybridized carbons (Fsp3) is 0.412. The number of nitrogens with one attached hydrogen (secondary N) is 1. The highest BCUT2D eigenvalue weighted by molar-refractivity contribution is 7.16. The van der Waals surface area contributed by atoms with E-state index < -0.39 is 0 Å². The van der Waals surface area contributed by atoms with Gasteiger partial charge in [-0.25, -0.2) is 0 Å². The average molecular weight is 371 g/mol. The van der Waals surface area contributed by atoms with Crippen molar-refractivity contribution in [1.82, 2.24) is 10.2 Å². The maximum atomic E-state index is 6.27. The van der Waals surface area contributed by atoms with E-state index in [-0.39, 0.29) is 6.04 Å². The Kier molecular flexibility index (Phi) is 5.83. The third-order valence-corrected chi connectivity index (χ3v) is 5.61. The molecule has 1 aromatic heterocycles. The third kappa shape index (κ3) is 4.01. The molecule has 1 aliphatic heterocycles. The van der Waals surface area contributed by atoms with Crippen molar-refractivity contribution in [3.63, 3.8) is 0 Å². The summed E-state index contributed by atoms with van der Waals surface area (Å²) in [7, 11) is 1.70. The molecule has 0 aliphatic carbocycles. The van der Waals surface area contributed by atoms with Gasteiger partial charge < -0.3 is 10.1 Å². The molecule has 124 valence electrons. The van der Waals surface area contributed by atoms with E-state index in [1.54, 1.807) is 18.4 Å². The molecule has 3 rings (SSSR count). The van der Waals surface area contributed by atoms with E-state index >= 15 is 0 Å². The molecule has 6 heteroatoms. The highest BCUT2D eigenvalue weighted by Crippen LogP contribution is 2.40. The Morgan fingerprint density at radius 1 is 1.17 bits per heavy atom. The smallest absolute Gasteiger partial charge is 0.124 e. The number of hydrogen-bond acceptors (Lipinski definition) is 4. The second-order valence-corrected chi connectivity index (χ2v) is 7.75. The Balaban J connectivity index is 2.05. The van der Waals surface area contributed by atoms with Crippen LogP contribution in [0.1, 0.15) is 22.9 Å². The molecule has 1 fully saturated rings. The molecular formula is C17H20Cl2N2OS. The Bertz CT molecular complexity index is 654. The predicted octanol–water partition coefficient (Wildman–Crippen LogP) is 4.45. The number of ether oxygens (including phenoxy) is 1. The minimum Gasteiger partial charge on any atom is -0.496 e. The van der Waals surface area contributed by atoms with Gasteiger partial charge in [-0.1, -0.05) is 23.2 Å². The van der Waals surface area contributed by atoms with Crippen LogP contribution in [-0.4, -0.2) is 38.2 Å². The summed E-state index contributed by atoms with van der Waals surface area (Å²) in [5.41, 5.74) is 1.10. The van der Waals surface area contributed by atoms with Gasteiger partial charge in [0.1, 0.15) is 5.75 Å². The Morgan fingerprint density at radius 2 is 2.04 bits per heavy atom. The van der Waals surface area contributed by atoms with Crippen LogP contribution in [0.25, 0.3) is 0 Å². The number of thiophene rings is 1. The Morgan fingerprint density at radius 3 is 2.78 bits per heavy atom. The number of hydrogen-bond donors (Lipinski definition) is 1. The molecule has 1 atom stereocenters. The van der Waals surface area contributed by atoms with Gasteiger partial charge in [0.2, 0.25) is 0 Å². The lowest BCUT2D eigenvalue weighted by Gasteiger charge is -2.31. The number of benzene rings is 1. The van der Waals surface area contributed by atoms with E-state index in [4.69, 9.17) is 27.9 Å². The minimum atomic E-state index is 0.112. The average Bonchev–Trinajstić information content (AvgIpc) is 2.80. The van der Waals surface area contributed by atoms with Crippen LogP contribution in [0.5, 0.6) is 5.75 Å². The highest BCUT2D eigenvalue weighted by Gasteiger charge is 2.27. The Labute approximate surface area is 151 Å². The van der Waals surface area contributed by atoms with E-state index in [0.29, 0.717) is 0 Å². The molecule has 1 unspecified atom stereocenters. The molecule has 2 heterocycles. The summed E-state index contributed by atoms with van der Waals surface area (Å²) in [6.07, 6.45) is 1.12. The molecule has 1 aliphatic rings. The summed E-state index contributed by atoms with van der Waals surface area (Å²) < 4.78 is 6.41. The second-order valence-electron chi connectivity index (χ2n) is 5.57. The van der Waals surface area contributed by atoms with Crippen LogP contribution in [-0.2, 0) is 0 Å². The van der Waals surface area contributed by atoms with Gasteiger partial charge in [0, 0.05) is 35.1 Å². The second kappa shape index (κ2) is 7.86. The largest absolute Gasteiger partial charge is 0.496 e. The van der Waals surface area contributed by atoms with Crippen LogP contribution in [0.3, 0.4) is 0 Å². The van der Waals surface area contributed by atoms with Gasteiger partial charge in [0.15, 0.2) is 0 Å². The van der Waals surface area contributed by atoms with E-state index in [9.17, 15) is 0 Å². The molecule has 1 aromatic carbocycles. The molecule has 0 radical (unpaired) electrons. The summed E-state index contributed by atoms with van der Waals surface area (Å²) in [4.78, 5) is 3.70. The highest BCUT2D eigenvalue weighted by atomic mass is 35.5. The van der Waals surface area contributed by atoms with Crippen LogP contribution in [0, 0.1) is 0 Å². The van der Waals surface area contributed by atoms with Crippen molar-refractivity contribution in [2.45, 2.75) is 12.5 Å². The van der Waals surface area contributed by atoms with Gasteiger partial charge in [-0.2, -0.15) is 0 Å². The first-order valence-corrected chi connectivity index (χ1v) is 9.29. The standard InChI is InChI=1S/C17H20Cl2N2OS/c1-22-14-4-3-12(18)11-13(14)17(15-5-6-16(19)23-15)21-9-2-7-20-8-10-21/h3-6,11,17,20H,2,7-10H2,1H3. The van der Waals surface area contributed by atoms with Gasteiger partial charge >= 0.3 is 0 Å². The van der Waals surface area contributed by atoms with Crippen molar-refractivity contribution >= 4 is 34.5 Å². The van der Waals surface area contributed by atoms with Crippen molar-refractivity contribution in [3.05, 3.63) is 50.1 Å². The Hall–Kier alpha value is -0.780. The molecule has 23 heavy (non-hydrogen) atoms. The molecular weight excluding hydrogens is 351 g/mol. The summed E-state index contributed by atoms with van der Waals surface area (Å²) in [5.74, 6) is 0.862. The van der Waals surface area contributed by atoms with Crippen LogP contribution in [0.4, 0.5) is 0 Å². The number of nitrogens with zero attached hydrogens (tertiary/aromatic N) is 1. The van der Waals surface area contributed by atoms with Crippen LogP contribution >= 0.6 is 34.5 Å². The maximum Gasteiger partial charge on any atom is 0.124 e. The summed E-state index contributed by atoms with van der Waals surface area (Å²) in [6.45, 7) is 4.05. The zero-order valence-electron chi connectivity index (χ0n) is 13.0. The maximum absolute atomic E-state index is 6.27. The lowest BCUT2D eigenvalue weighted by Crippen LogP contribution is -2.32. The monoisotopic (exact) mass is 370 g/mol. The molecule has 3 nitrogen and oxygen atoms in total.